The Bertz CT molecular complexity index is 340. The lowest BCUT2D eigenvalue weighted by Crippen LogP contribution is -2.54. The highest BCUT2D eigenvalue weighted by molar-refractivity contribution is 5.49. The molecule has 17 heavy (non-hydrogen) atoms. The van der Waals surface area contributed by atoms with Crippen molar-refractivity contribution in [1.29, 1.82) is 0 Å². The molecule has 0 aliphatic carbocycles. The summed E-state index contributed by atoms with van der Waals surface area (Å²) in [7, 11) is 0. The van der Waals surface area contributed by atoms with Crippen molar-refractivity contribution in [2.75, 3.05) is 24.6 Å². The molecule has 1 N–H and O–H groups in total. The molecule has 0 saturated carbocycles. The van der Waals surface area contributed by atoms with Crippen LogP contribution >= 0.6 is 0 Å². The fraction of sp³-hybridized carbons (Fsp3) is 0.571. The number of hydrogen-bond donors (Lipinski definition) is 1. The van der Waals surface area contributed by atoms with E-state index in [-0.39, 0.29) is 0 Å². The molecule has 3 heteroatoms. The molecule has 94 valence electrons. The van der Waals surface area contributed by atoms with Gasteiger partial charge in [0.15, 0.2) is 0 Å². The minimum atomic E-state index is 0.547. The number of rotatable bonds is 3. The van der Waals surface area contributed by atoms with E-state index in [1.807, 2.05) is 6.92 Å². The first-order chi connectivity index (χ1) is 8.19. The van der Waals surface area contributed by atoms with Crippen molar-refractivity contribution in [2.45, 2.75) is 32.9 Å². The number of ether oxygens (including phenoxy) is 1. The van der Waals surface area contributed by atoms with Crippen molar-refractivity contribution < 1.29 is 4.74 Å². The monoisotopic (exact) mass is 234 g/mol. The Kier molecular flexibility index (Phi) is 3.89. The van der Waals surface area contributed by atoms with Gasteiger partial charge in [0.1, 0.15) is 5.75 Å². The van der Waals surface area contributed by atoms with E-state index in [1.54, 1.807) is 0 Å². The molecular formula is C14H22N2O. The first kappa shape index (κ1) is 12.2. The maximum atomic E-state index is 5.46. The van der Waals surface area contributed by atoms with Gasteiger partial charge in [0.05, 0.1) is 6.61 Å². The predicted molar refractivity (Wildman–Crippen MR) is 71.9 cm³/mol. The molecule has 0 aromatic heterocycles. The summed E-state index contributed by atoms with van der Waals surface area (Å²) in [5.74, 6) is 0.951. The van der Waals surface area contributed by atoms with Crippen LogP contribution in [0.2, 0.25) is 0 Å². The Morgan fingerprint density at radius 3 is 2.29 bits per heavy atom. The summed E-state index contributed by atoms with van der Waals surface area (Å²) in [5, 5.41) is 3.54. The van der Waals surface area contributed by atoms with Crippen LogP contribution in [-0.2, 0) is 0 Å². The molecule has 0 amide bonds. The van der Waals surface area contributed by atoms with Gasteiger partial charge in [0, 0.05) is 30.9 Å². The molecule has 0 unspecified atom stereocenters. The minimum Gasteiger partial charge on any atom is -0.494 e. The SMILES string of the molecule is CCOc1ccc(N2C[C@@H](C)N[C@@H](C)C2)cc1. The second-order valence-electron chi connectivity index (χ2n) is 4.80. The van der Waals surface area contributed by atoms with Crippen LogP contribution in [0.5, 0.6) is 5.75 Å². The molecule has 1 heterocycles. The summed E-state index contributed by atoms with van der Waals surface area (Å²) in [6, 6.07) is 9.49. The lowest BCUT2D eigenvalue weighted by Gasteiger charge is -2.37. The smallest absolute Gasteiger partial charge is 0.119 e. The van der Waals surface area contributed by atoms with Crippen LogP contribution in [0, 0.1) is 0 Å². The quantitative estimate of drug-likeness (QED) is 0.868. The van der Waals surface area contributed by atoms with E-state index in [0.29, 0.717) is 12.1 Å². The average Bonchev–Trinajstić information content (AvgIpc) is 2.29. The van der Waals surface area contributed by atoms with Crippen LogP contribution in [0.1, 0.15) is 20.8 Å². The molecular weight excluding hydrogens is 212 g/mol. The Labute approximate surface area is 104 Å². The lowest BCUT2D eigenvalue weighted by atomic mass is 10.1. The van der Waals surface area contributed by atoms with Crippen LogP contribution < -0.4 is 15.0 Å². The zero-order chi connectivity index (χ0) is 12.3. The molecule has 1 aliphatic rings. The number of nitrogens with one attached hydrogen (secondary N) is 1. The fourth-order valence-corrected chi connectivity index (χ4v) is 2.46. The van der Waals surface area contributed by atoms with Crippen molar-refractivity contribution in [3.05, 3.63) is 24.3 Å². The second-order valence-corrected chi connectivity index (χ2v) is 4.80. The molecule has 2 atom stereocenters. The van der Waals surface area contributed by atoms with Crippen LogP contribution in [0.3, 0.4) is 0 Å². The van der Waals surface area contributed by atoms with Crippen LogP contribution in [-0.4, -0.2) is 31.8 Å². The van der Waals surface area contributed by atoms with Gasteiger partial charge in [-0.2, -0.15) is 0 Å². The highest BCUT2D eigenvalue weighted by atomic mass is 16.5. The Morgan fingerprint density at radius 1 is 1.18 bits per heavy atom. The number of benzene rings is 1. The van der Waals surface area contributed by atoms with E-state index in [1.165, 1.54) is 5.69 Å². The molecule has 0 bridgehead atoms. The van der Waals surface area contributed by atoms with Crippen molar-refractivity contribution in [1.82, 2.24) is 5.32 Å². The summed E-state index contributed by atoms with van der Waals surface area (Å²) in [4.78, 5) is 2.43. The van der Waals surface area contributed by atoms with E-state index >= 15 is 0 Å². The van der Waals surface area contributed by atoms with Gasteiger partial charge < -0.3 is 15.0 Å². The van der Waals surface area contributed by atoms with E-state index in [9.17, 15) is 0 Å². The van der Waals surface area contributed by atoms with E-state index in [2.05, 4.69) is 48.3 Å². The lowest BCUT2D eigenvalue weighted by molar-refractivity contribution is 0.340. The third kappa shape index (κ3) is 3.13. The van der Waals surface area contributed by atoms with Gasteiger partial charge in [-0.05, 0) is 45.0 Å². The molecule has 1 fully saturated rings. The fourth-order valence-electron chi connectivity index (χ4n) is 2.46. The first-order valence-electron chi connectivity index (χ1n) is 6.43. The molecule has 1 saturated heterocycles. The van der Waals surface area contributed by atoms with Gasteiger partial charge in [0.2, 0.25) is 0 Å². The number of piperazine rings is 1. The van der Waals surface area contributed by atoms with Gasteiger partial charge in [0.25, 0.3) is 0 Å². The summed E-state index contributed by atoms with van der Waals surface area (Å²) >= 11 is 0. The van der Waals surface area contributed by atoms with E-state index in [0.717, 1.165) is 25.4 Å². The largest absolute Gasteiger partial charge is 0.494 e. The Morgan fingerprint density at radius 2 is 1.76 bits per heavy atom. The minimum absolute atomic E-state index is 0.547. The van der Waals surface area contributed by atoms with Crippen molar-refractivity contribution >= 4 is 5.69 Å². The Balaban J connectivity index is 2.06. The molecule has 1 aromatic carbocycles. The highest BCUT2D eigenvalue weighted by Gasteiger charge is 2.20. The van der Waals surface area contributed by atoms with Crippen LogP contribution in [0.25, 0.3) is 0 Å². The third-order valence-corrected chi connectivity index (χ3v) is 3.07. The van der Waals surface area contributed by atoms with E-state index in [4.69, 9.17) is 4.74 Å². The standard InChI is InChI=1S/C14H22N2O/c1-4-17-14-7-5-13(6-8-14)16-9-11(2)15-12(3)10-16/h5-8,11-12,15H,4,9-10H2,1-3H3/t11-,12+. The second kappa shape index (κ2) is 5.41. The van der Waals surface area contributed by atoms with Gasteiger partial charge in [-0.15, -0.1) is 0 Å². The third-order valence-electron chi connectivity index (χ3n) is 3.07. The summed E-state index contributed by atoms with van der Waals surface area (Å²) in [5.41, 5.74) is 1.29. The zero-order valence-corrected chi connectivity index (χ0v) is 10.9. The summed E-state index contributed by atoms with van der Waals surface area (Å²) in [6.07, 6.45) is 0. The highest BCUT2D eigenvalue weighted by Crippen LogP contribution is 2.21. The molecule has 0 radical (unpaired) electrons. The summed E-state index contributed by atoms with van der Waals surface area (Å²) in [6.45, 7) is 9.33. The summed E-state index contributed by atoms with van der Waals surface area (Å²) < 4.78 is 5.46. The van der Waals surface area contributed by atoms with Crippen molar-refractivity contribution in [2.24, 2.45) is 0 Å². The molecule has 1 aromatic rings. The average molecular weight is 234 g/mol. The number of anilines is 1. The molecule has 0 spiro atoms. The molecule has 1 aliphatic heterocycles. The van der Waals surface area contributed by atoms with Crippen molar-refractivity contribution in [3.63, 3.8) is 0 Å². The molecule has 3 nitrogen and oxygen atoms in total. The van der Waals surface area contributed by atoms with Crippen LogP contribution in [0.4, 0.5) is 5.69 Å². The maximum Gasteiger partial charge on any atom is 0.119 e. The van der Waals surface area contributed by atoms with Crippen LogP contribution in [0.15, 0.2) is 24.3 Å². The topological polar surface area (TPSA) is 24.5 Å². The van der Waals surface area contributed by atoms with Gasteiger partial charge in [-0.1, -0.05) is 0 Å². The van der Waals surface area contributed by atoms with Gasteiger partial charge in [-0.25, -0.2) is 0 Å². The zero-order valence-electron chi connectivity index (χ0n) is 10.9. The Hall–Kier alpha value is -1.22. The molecule has 2 rings (SSSR count). The van der Waals surface area contributed by atoms with Gasteiger partial charge >= 0.3 is 0 Å². The van der Waals surface area contributed by atoms with Gasteiger partial charge in [-0.3, -0.25) is 0 Å². The normalized spacial score (nSPS) is 24.8. The predicted octanol–water partition coefficient (Wildman–Crippen LogP) is 2.27. The van der Waals surface area contributed by atoms with Crippen molar-refractivity contribution in [3.8, 4) is 5.75 Å². The van der Waals surface area contributed by atoms with E-state index < -0.39 is 0 Å². The number of hydrogen-bond acceptors (Lipinski definition) is 3. The number of nitrogens with zero attached hydrogens (tertiary/aromatic N) is 1. The first-order valence-corrected chi connectivity index (χ1v) is 6.43. The maximum absolute atomic E-state index is 5.46.